The summed E-state index contributed by atoms with van der Waals surface area (Å²) in [5.41, 5.74) is 6.36. The summed E-state index contributed by atoms with van der Waals surface area (Å²) in [5, 5.41) is 0. The van der Waals surface area contributed by atoms with Gasteiger partial charge < -0.3 is 24.5 Å². The Bertz CT molecular complexity index is 291. The van der Waals surface area contributed by atoms with E-state index >= 15 is 0 Å². The summed E-state index contributed by atoms with van der Waals surface area (Å²) >= 11 is 0. The second kappa shape index (κ2) is 9.12. The zero-order valence-electron chi connectivity index (χ0n) is 10.3. The van der Waals surface area contributed by atoms with Crippen molar-refractivity contribution in [2.75, 3.05) is 40.1 Å². The molecule has 17 heavy (non-hydrogen) atoms. The number of nitrogens with two attached hydrogens (primary N) is 1. The Morgan fingerprint density at radius 1 is 1.18 bits per heavy atom. The normalized spacial score (nSPS) is 10.9. The molecule has 98 valence electrons. The lowest BCUT2D eigenvalue weighted by molar-refractivity contribution is 0.0230. The topological polar surface area (TPSA) is 71.5 Å². The van der Waals surface area contributed by atoms with Gasteiger partial charge in [-0.05, 0) is 0 Å². The Hall–Kier alpha value is -0.950. The quantitative estimate of drug-likeness (QED) is 0.587. The van der Waals surface area contributed by atoms with Gasteiger partial charge in [-0.15, -0.1) is 0 Å². The van der Waals surface area contributed by atoms with Gasteiger partial charge in [-0.1, -0.05) is 0 Å². The van der Waals surface area contributed by atoms with E-state index in [1.165, 1.54) is 0 Å². The molecule has 0 amide bonds. The lowest BCUT2D eigenvalue weighted by atomic mass is 10.5. The summed E-state index contributed by atoms with van der Waals surface area (Å²) in [6, 6.07) is 0. The molecule has 1 heterocycles. The average Bonchev–Trinajstić information content (AvgIpc) is 2.80. The molecule has 6 heteroatoms. The molecule has 0 atom stereocenters. The first-order valence-electron chi connectivity index (χ1n) is 5.72. The third kappa shape index (κ3) is 6.38. The minimum absolute atomic E-state index is 0.473. The van der Waals surface area contributed by atoms with Crippen LogP contribution >= 0.6 is 0 Å². The van der Waals surface area contributed by atoms with Gasteiger partial charge in [-0.3, -0.25) is 0 Å². The molecule has 1 aromatic heterocycles. The van der Waals surface area contributed by atoms with Crippen molar-refractivity contribution in [1.82, 2.24) is 9.55 Å². The van der Waals surface area contributed by atoms with E-state index in [0.29, 0.717) is 39.6 Å². The molecular weight excluding hydrogens is 222 g/mol. The molecule has 0 radical (unpaired) electrons. The van der Waals surface area contributed by atoms with Gasteiger partial charge in [0.2, 0.25) is 0 Å². The van der Waals surface area contributed by atoms with Crippen molar-refractivity contribution < 1.29 is 14.2 Å². The average molecular weight is 243 g/mol. The molecule has 1 aromatic rings. The molecule has 0 aliphatic rings. The molecule has 0 unspecified atom stereocenters. The predicted octanol–water partition coefficient (Wildman–Crippen LogP) is 0.0214. The van der Waals surface area contributed by atoms with Gasteiger partial charge in [0.25, 0.3) is 0 Å². The van der Waals surface area contributed by atoms with Gasteiger partial charge in [0.15, 0.2) is 0 Å². The van der Waals surface area contributed by atoms with Gasteiger partial charge >= 0.3 is 0 Å². The number of imidazole rings is 1. The van der Waals surface area contributed by atoms with E-state index in [2.05, 4.69) is 4.98 Å². The smallest absolute Gasteiger partial charge is 0.0950 e. The van der Waals surface area contributed by atoms with E-state index in [1.54, 1.807) is 13.4 Å². The van der Waals surface area contributed by atoms with Crippen LogP contribution in [0.1, 0.15) is 5.69 Å². The van der Waals surface area contributed by atoms with Crippen molar-refractivity contribution in [3.63, 3.8) is 0 Å². The summed E-state index contributed by atoms with van der Waals surface area (Å²) in [5.74, 6) is 0. The maximum Gasteiger partial charge on any atom is 0.0950 e. The summed E-state index contributed by atoms with van der Waals surface area (Å²) in [6.07, 6.45) is 3.69. The van der Waals surface area contributed by atoms with Gasteiger partial charge in [0.1, 0.15) is 0 Å². The molecule has 0 aliphatic carbocycles. The van der Waals surface area contributed by atoms with Crippen LogP contribution in [-0.4, -0.2) is 49.7 Å². The van der Waals surface area contributed by atoms with Gasteiger partial charge in [0, 0.05) is 26.4 Å². The fourth-order valence-electron chi connectivity index (χ4n) is 1.27. The van der Waals surface area contributed by atoms with Crippen LogP contribution in [0.5, 0.6) is 0 Å². The summed E-state index contributed by atoms with van der Waals surface area (Å²) < 4.78 is 17.5. The maximum atomic E-state index is 5.46. The molecule has 0 fully saturated rings. The molecule has 0 aliphatic heterocycles. The molecule has 2 N–H and O–H groups in total. The summed E-state index contributed by atoms with van der Waals surface area (Å²) in [4.78, 5) is 4.13. The first-order chi connectivity index (χ1) is 8.36. The minimum Gasteiger partial charge on any atom is -0.382 e. The van der Waals surface area contributed by atoms with Crippen molar-refractivity contribution >= 4 is 0 Å². The Morgan fingerprint density at radius 3 is 2.53 bits per heavy atom. The van der Waals surface area contributed by atoms with Crippen LogP contribution in [0.4, 0.5) is 0 Å². The molecule has 0 aromatic carbocycles. The first kappa shape index (κ1) is 14.1. The highest BCUT2D eigenvalue weighted by atomic mass is 16.5. The van der Waals surface area contributed by atoms with E-state index < -0.39 is 0 Å². The van der Waals surface area contributed by atoms with Crippen molar-refractivity contribution in [3.8, 4) is 0 Å². The molecule has 6 nitrogen and oxygen atoms in total. The predicted molar refractivity (Wildman–Crippen MR) is 63.6 cm³/mol. The lowest BCUT2D eigenvalue weighted by Crippen LogP contribution is -2.11. The van der Waals surface area contributed by atoms with Crippen LogP contribution < -0.4 is 5.73 Å². The van der Waals surface area contributed by atoms with Crippen molar-refractivity contribution in [3.05, 3.63) is 18.2 Å². The van der Waals surface area contributed by atoms with Crippen LogP contribution in [-0.2, 0) is 27.3 Å². The molecule has 0 bridgehead atoms. The number of methoxy groups -OCH3 is 1. The third-order valence-electron chi connectivity index (χ3n) is 2.19. The fourth-order valence-corrected chi connectivity index (χ4v) is 1.27. The third-order valence-corrected chi connectivity index (χ3v) is 2.19. The molecular formula is C11H21N3O3. The molecule has 0 saturated heterocycles. The van der Waals surface area contributed by atoms with Crippen LogP contribution in [0.15, 0.2) is 12.5 Å². The van der Waals surface area contributed by atoms with E-state index in [4.69, 9.17) is 19.9 Å². The molecule has 0 spiro atoms. The van der Waals surface area contributed by atoms with Gasteiger partial charge in [-0.2, -0.15) is 0 Å². The van der Waals surface area contributed by atoms with Crippen molar-refractivity contribution in [2.24, 2.45) is 5.73 Å². The summed E-state index contributed by atoms with van der Waals surface area (Å²) in [7, 11) is 1.65. The highest BCUT2D eigenvalue weighted by Gasteiger charge is 1.96. The van der Waals surface area contributed by atoms with Crippen molar-refractivity contribution in [1.29, 1.82) is 0 Å². The van der Waals surface area contributed by atoms with Crippen LogP contribution in [0.25, 0.3) is 0 Å². The number of rotatable bonds is 10. The first-order valence-corrected chi connectivity index (χ1v) is 5.72. The number of hydrogen-bond donors (Lipinski definition) is 1. The maximum absolute atomic E-state index is 5.46. The lowest BCUT2D eigenvalue weighted by Gasteiger charge is -2.05. The zero-order valence-corrected chi connectivity index (χ0v) is 10.3. The zero-order chi connectivity index (χ0) is 12.3. The van der Waals surface area contributed by atoms with E-state index in [1.807, 2.05) is 10.8 Å². The van der Waals surface area contributed by atoms with Crippen LogP contribution in [0.3, 0.4) is 0 Å². The Balaban J connectivity index is 1.93. The van der Waals surface area contributed by atoms with Crippen molar-refractivity contribution in [2.45, 2.75) is 13.1 Å². The van der Waals surface area contributed by atoms with E-state index in [0.717, 1.165) is 12.2 Å². The highest BCUT2D eigenvalue weighted by molar-refractivity contribution is 4.95. The number of aromatic nitrogens is 2. The monoisotopic (exact) mass is 243 g/mol. The largest absolute Gasteiger partial charge is 0.382 e. The molecule has 0 saturated carbocycles. The number of nitrogens with zero attached hydrogens (tertiary/aromatic N) is 2. The minimum atomic E-state index is 0.473. The van der Waals surface area contributed by atoms with E-state index in [9.17, 15) is 0 Å². The second-order valence-corrected chi connectivity index (χ2v) is 3.52. The Kier molecular flexibility index (Phi) is 7.57. The number of hydrogen-bond acceptors (Lipinski definition) is 5. The van der Waals surface area contributed by atoms with Gasteiger partial charge in [-0.25, -0.2) is 4.98 Å². The van der Waals surface area contributed by atoms with Crippen LogP contribution in [0, 0.1) is 0 Å². The second-order valence-electron chi connectivity index (χ2n) is 3.52. The Morgan fingerprint density at radius 2 is 1.88 bits per heavy atom. The standard InChI is InChI=1S/C11H21N3O3/c1-15-4-5-17-7-6-16-3-2-14-9-11(8-12)13-10-14/h9-10H,2-8,12H2,1H3. The Labute approximate surface area is 102 Å². The van der Waals surface area contributed by atoms with Gasteiger partial charge in [0.05, 0.1) is 45.1 Å². The molecule has 1 rings (SSSR count). The highest BCUT2D eigenvalue weighted by Crippen LogP contribution is 1.94. The summed E-state index contributed by atoms with van der Waals surface area (Å²) in [6.45, 7) is 4.34. The number of ether oxygens (including phenoxy) is 3. The SMILES string of the molecule is COCCOCCOCCn1cnc(CN)c1. The van der Waals surface area contributed by atoms with E-state index in [-0.39, 0.29) is 0 Å². The van der Waals surface area contributed by atoms with Crippen LogP contribution in [0.2, 0.25) is 0 Å². The fraction of sp³-hybridized carbons (Fsp3) is 0.727.